The van der Waals surface area contributed by atoms with Crippen LogP contribution in [-0.2, 0) is 11.3 Å². The van der Waals surface area contributed by atoms with Crippen molar-refractivity contribution in [2.45, 2.75) is 34.2 Å². The molecule has 0 saturated carbocycles. The van der Waals surface area contributed by atoms with Crippen LogP contribution < -0.4 is 16.2 Å². The number of rotatable bonds is 5. The Balaban J connectivity index is 2.14. The van der Waals surface area contributed by atoms with Gasteiger partial charge in [-0.25, -0.2) is 10.4 Å². The largest absolute Gasteiger partial charge is 0.325 e. The van der Waals surface area contributed by atoms with Gasteiger partial charge in [0.2, 0.25) is 5.91 Å². The minimum atomic E-state index is -0.576. The summed E-state index contributed by atoms with van der Waals surface area (Å²) in [6.07, 6.45) is 1.62. The minimum absolute atomic E-state index is 0.165. The van der Waals surface area contributed by atoms with Gasteiger partial charge >= 0.3 is 0 Å². The van der Waals surface area contributed by atoms with Crippen molar-refractivity contribution in [1.82, 2.24) is 15.8 Å². The van der Waals surface area contributed by atoms with E-state index in [4.69, 9.17) is 11.6 Å². The van der Waals surface area contributed by atoms with E-state index in [1.165, 1.54) is 0 Å². The van der Waals surface area contributed by atoms with Crippen molar-refractivity contribution in [2.75, 3.05) is 5.32 Å². The quantitative estimate of drug-likeness (QED) is 0.467. The van der Waals surface area contributed by atoms with Gasteiger partial charge in [0.05, 0.1) is 11.3 Å². The van der Waals surface area contributed by atoms with E-state index in [1.807, 2.05) is 39.8 Å². The van der Waals surface area contributed by atoms with Crippen LogP contribution >= 0.6 is 27.5 Å². The molecule has 0 radical (unpaired) electrons. The summed E-state index contributed by atoms with van der Waals surface area (Å²) in [5.41, 5.74) is 7.44. The van der Waals surface area contributed by atoms with Gasteiger partial charge in [-0.2, -0.15) is 0 Å². The van der Waals surface area contributed by atoms with Gasteiger partial charge in [0, 0.05) is 22.6 Å². The lowest BCUT2D eigenvalue weighted by molar-refractivity contribution is -0.123. The highest BCUT2D eigenvalue weighted by molar-refractivity contribution is 9.10. The molecule has 0 unspecified atom stereocenters. The summed E-state index contributed by atoms with van der Waals surface area (Å²) >= 11 is 9.16. The summed E-state index contributed by atoms with van der Waals surface area (Å²) in [6, 6.07) is 7.01. The maximum atomic E-state index is 12.7. The zero-order chi connectivity index (χ0) is 20.2. The third kappa shape index (κ3) is 6.02. The number of carbonyl (C=O) groups excluding carboxylic acids is 2. The van der Waals surface area contributed by atoms with Crippen molar-refractivity contribution < 1.29 is 9.59 Å². The number of carbonyl (C=O) groups is 2. The zero-order valence-electron chi connectivity index (χ0n) is 15.6. The number of pyridine rings is 1. The first kappa shape index (κ1) is 21.3. The Morgan fingerprint density at radius 1 is 1.22 bits per heavy atom. The van der Waals surface area contributed by atoms with Crippen molar-refractivity contribution in [1.29, 1.82) is 0 Å². The highest BCUT2D eigenvalue weighted by atomic mass is 79.9. The fourth-order valence-corrected chi connectivity index (χ4v) is 2.88. The predicted octanol–water partition coefficient (Wildman–Crippen LogP) is 4.23. The van der Waals surface area contributed by atoms with Crippen LogP contribution in [0.2, 0.25) is 5.15 Å². The first-order valence-electron chi connectivity index (χ1n) is 8.33. The average molecular weight is 454 g/mol. The highest BCUT2D eigenvalue weighted by Crippen LogP contribution is 2.28. The molecule has 144 valence electrons. The Kier molecular flexibility index (Phi) is 6.97. The van der Waals surface area contributed by atoms with Crippen molar-refractivity contribution in [2.24, 2.45) is 5.41 Å². The van der Waals surface area contributed by atoms with E-state index < -0.39 is 5.41 Å². The molecule has 27 heavy (non-hydrogen) atoms. The van der Waals surface area contributed by atoms with Gasteiger partial charge in [-0.1, -0.05) is 54.4 Å². The normalized spacial score (nSPS) is 11.2. The Bertz CT molecular complexity index is 848. The molecule has 2 rings (SSSR count). The number of aryl methyl sites for hydroxylation is 1. The number of nitrogens with zero attached hydrogens (tertiary/aromatic N) is 1. The van der Waals surface area contributed by atoms with Gasteiger partial charge in [0.15, 0.2) is 0 Å². The van der Waals surface area contributed by atoms with E-state index in [0.29, 0.717) is 22.9 Å². The third-order valence-electron chi connectivity index (χ3n) is 3.75. The fourth-order valence-electron chi connectivity index (χ4n) is 2.19. The summed E-state index contributed by atoms with van der Waals surface area (Å²) in [7, 11) is 0. The number of aromatic nitrogens is 1. The molecule has 2 aromatic rings. The molecule has 0 aliphatic rings. The number of hydrogen-bond donors (Lipinski definition) is 3. The summed E-state index contributed by atoms with van der Waals surface area (Å²) < 4.78 is 0.751. The Morgan fingerprint density at radius 2 is 1.93 bits per heavy atom. The van der Waals surface area contributed by atoms with Crippen LogP contribution in [-0.4, -0.2) is 16.8 Å². The van der Waals surface area contributed by atoms with Crippen LogP contribution in [0.3, 0.4) is 0 Å². The third-order valence-corrected chi connectivity index (χ3v) is 4.43. The van der Waals surface area contributed by atoms with E-state index in [0.717, 1.165) is 15.6 Å². The molecule has 0 aliphatic carbocycles. The maximum absolute atomic E-state index is 12.7. The van der Waals surface area contributed by atoms with Gasteiger partial charge in [-0.05, 0) is 36.2 Å². The number of anilines is 1. The van der Waals surface area contributed by atoms with E-state index in [9.17, 15) is 9.59 Å². The van der Waals surface area contributed by atoms with E-state index in [-0.39, 0.29) is 11.8 Å². The monoisotopic (exact) mass is 452 g/mol. The first-order chi connectivity index (χ1) is 12.6. The van der Waals surface area contributed by atoms with Crippen LogP contribution in [0.1, 0.15) is 42.3 Å². The minimum Gasteiger partial charge on any atom is -0.325 e. The molecule has 8 heteroatoms. The second-order valence-electron chi connectivity index (χ2n) is 7.15. The van der Waals surface area contributed by atoms with Crippen molar-refractivity contribution in [3.8, 4) is 0 Å². The maximum Gasteiger partial charge on any atom is 0.267 e. The number of hydrazine groups is 1. The molecule has 0 bridgehead atoms. The van der Waals surface area contributed by atoms with Crippen LogP contribution in [0.25, 0.3) is 0 Å². The molecular weight excluding hydrogens is 432 g/mol. The molecule has 6 nitrogen and oxygen atoms in total. The smallest absolute Gasteiger partial charge is 0.267 e. The molecule has 0 spiro atoms. The molecule has 1 heterocycles. The molecule has 2 amide bonds. The van der Waals surface area contributed by atoms with Gasteiger partial charge in [-0.3, -0.25) is 15.0 Å². The lowest BCUT2D eigenvalue weighted by atomic mass is 9.95. The van der Waals surface area contributed by atoms with E-state index >= 15 is 0 Å². The van der Waals surface area contributed by atoms with Crippen LogP contribution in [0.4, 0.5) is 5.69 Å². The summed E-state index contributed by atoms with van der Waals surface area (Å²) in [5.74, 6) is -0.521. The Hall–Kier alpha value is -1.96. The van der Waals surface area contributed by atoms with E-state index in [1.54, 1.807) is 18.3 Å². The second kappa shape index (κ2) is 8.82. The lowest BCUT2D eigenvalue weighted by Gasteiger charge is -2.21. The number of amides is 2. The number of hydrogen-bond acceptors (Lipinski definition) is 4. The topological polar surface area (TPSA) is 83.1 Å². The standard InChI is InChI=1S/C19H22BrClN4O2/c1-11-7-13(20)8-14(16(11)24-18(27)19(2,3)4)17(26)25-23-10-12-5-6-15(21)22-9-12/h5-9,23H,10H2,1-4H3,(H,24,27)(H,25,26). The molecule has 1 aromatic carbocycles. The van der Waals surface area contributed by atoms with Crippen LogP contribution in [0.5, 0.6) is 0 Å². The van der Waals surface area contributed by atoms with Crippen molar-refractivity contribution >= 4 is 45.0 Å². The summed E-state index contributed by atoms with van der Waals surface area (Å²) in [5, 5.41) is 3.28. The van der Waals surface area contributed by atoms with Gasteiger partial charge in [0.25, 0.3) is 5.91 Å². The highest BCUT2D eigenvalue weighted by Gasteiger charge is 2.24. The van der Waals surface area contributed by atoms with Crippen molar-refractivity contribution in [3.63, 3.8) is 0 Å². The SMILES string of the molecule is Cc1cc(Br)cc(C(=O)NNCc2ccc(Cl)nc2)c1NC(=O)C(C)(C)C. The predicted molar refractivity (Wildman–Crippen MR) is 111 cm³/mol. The van der Waals surface area contributed by atoms with Gasteiger partial charge < -0.3 is 5.32 Å². The van der Waals surface area contributed by atoms with Crippen LogP contribution in [0, 0.1) is 12.3 Å². The van der Waals surface area contributed by atoms with E-state index in [2.05, 4.69) is 37.1 Å². The zero-order valence-corrected chi connectivity index (χ0v) is 18.0. The number of benzene rings is 1. The first-order valence-corrected chi connectivity index (χ1v) is 9.50. The Morgan fingerprint density at radius 3 is 2.52 bits per heavy atom. The summed E-state index contributed by atoms with van der Waals surface area (Å²) in [4.78, 5) is 29.0. The van der Waals surface area contributed by atoms with Gasteiger partial charge in [0.1, 0.15) is 5.15 Å². The number of nitrogens with one attached hydrogen (secondary N) is 3. The second-order valence-corrected chi connectivity index (χ2v) is 8.45. The molecule has 1 aromatic heterocycles. The molecular formula is C19H22BrClN4O2. The average Bonchev–Trinajstić information content (AvgIpc) is 2.57. The van der Waals surface area contributed by atoms with Gasteiger partial charge in [-0.15, -0.1) is 0 Å². The van der Waals surface area contributed by atoms with Crippen molar-refractivity contribution in [3.05, 3.63) is 56.8 Å². The molecule has 0 atom stereocenters. The molecule has 0 fully saturated rings. The number of halogens is 2. The lowest BCUT2D eigenvalue weighted by Crippen LogP contribution is -2.38. The van der Waals surface area contributed by atoms with Crippen LogP contribution in [0.15, 0.2) is 34.9 Å². The molecule has 0 aliphatic heterocycles. The summed E-state index contributed by atoms with van der Waals surface area (Å²) in [6.45, 7) is 7.67. The molecule has 0 saturated heterocycles. The fraction of sp³-hybridized carbons (Fsp3) is 0.316. The Labute approximate surface area is 172 Å². The molecule has 3 N–H and O–H groups in total.